The molecule has 134 valence electrons. The summed E-state index contributed by atoms with van der Waals surface area (Å²) in [5, 5.41) is 15.5. The third-order valence-electron chi connectivity index (χ3n) is 4.74. The second kappa shape index (κ2) is 6.28. The summed E-state index contributed by atoms with van der Waals surface area (Å²) in [4.78, 5) is 0. The van der Waals surface area contributed by atoms with Gasteiger partial charge in [0.15, 0.2) is 5.82 Å². The number of thioether (sulfide) groups is 1. The fraction of sp³-hybridized carbons (Fsp3) is 0.150. The summed E-state index contributed by atoms with van der Waals surface area (Å²) >= 11 is 1.64. The molecule has 0 amide bonds. The number of fused-ring (bicyclic) bond motifs is 2. The van der Waals surface area contributed by atoms with Gasteiger partial charge in [0.1, 0.15) is 5.75 Å². The van der Waals surface area contributed by atoms with Crippen LogP contribution in [-0.2, 0) is 7.05 Å². The van der Waals surface area contributed by atoms with Crippen LogP contribution in [0.3, 0.4) is 0 Å². The summed E-state index contributed by atoms with van der Waals surface area (Å²) in [5.74, 6) is 2.21. The molecule has 0 bridgehead atoms. The van der Waals surface area contributed by atoms with Crippen LogP contribution >= 0.6 is 11.8 Å². The van der Waals surface area contributed by atoms with E-state index in [1.165, 1.54) is 10.9 Å². The number of benzene rings is 2. The van der Waals surface area contributed by atoms with Gasteiger partial charge >= 0.3 is 0 Å². The maximum atomic E-state index is 5.48. The van der Waals surface area contributed by atoms with E-state index < -0.39 is 0 Å². The first kappa shape index (κ1) is 16.1. The van der Waals surface area contributed by atoms with E-state index in [9.17, 15) is 0 Å². The normalized spacial score (nSPS) is 13.5. The van der Waals surface area contributed by atoms with Gasteiger partial charge in [-0.15, -0.1) is 10.2 Å². The van der Waals surface area contributed by atoms with Gasteiger partial charge in [-0.3, -0.25) is 0 Å². The maximum Gasteiger partial charge on any atom is 0.212 e. The van der Waals surface area contributed by atoms with Gasteiger partial charge < -0.3 is 9.30 Å². The van der Waals surface area contributed by atoms with Crippen LogP contribution in [0, 0.1) is 0 Å². The molecule has 3 heterocycles. The molecule has 0 radical (unpaired) electrons. The second-order valence-corrected chi connectivity index (χ2v) is 7.30. The van der Waals surface area contributed by atoms with E-state index in [2.05, 4.69) is 52.3 Å². The molecule has 6 nitrogen and oxygen atoms in total. The Morgan fingerprint density at radius 2 is 1.96 bits per heavy atom. The van der Waals surface area contributed by atoms with Crippen molar-refractivity contribution < 1.29 is 4.74 Å². The molecule has 4 aromatic rings. The lowest BCUT2D eigenvalue weighted by Crippen LogP contribution is -2.13. The third kappa shape index (κ3) is 2.62. The van der Waals surface area contributed by atoms with E-state index in [0.717, 1.165) is 33.5 Å². The lowest BCUT2D eigenvalue weighted by molar-refractivity contribution is 0.416. The molecule has 5 rings (SSSR count). The van der Waals surface area contributed by atoms with Gasteiger partial charge in [-0.25, -0.2) is 0 Å². The van der Waals surface area contributed by atoms with E-state index in [4.69, 9.17) is 9.84 Å². The summed E-state index contributed by atoms with van der Waals surface area (Å²) in [6.45, 7) is 0. The minimum absolute atomic E-state index is 0.688. The summed E-state index contributed by atoms with van der Waals surface area (Å²) in [7, 11) is 3.71. The Balaban J connectivity index is 1.62. The van der Waals surface area contributed by atoms with Gasteiger partial charge in [0, 0.05) is 29.9 Å². The zero-order valence-corrected chi connectivity index (χ0v) is 15.8. The second-order valence-electron chi connectivity index (χ2n) is 6.35. The molecule has 0 fully saturated rings. The van der Waals surface area contributed by atoms with E-state index in [1.54, 1.807) is 18.9 Å². The maximum absolute atomic E-state index is 5.48. The predicted octanol–water partition coefficient (Wildman–Crippen LogP) is 3.80. The highest BCUT2D eigenvalue weighted by Gasteiger charge is 2.22. The third-order valence-corrected chi connectivity index (χ3v) is 5.67. The first-order valence-corrected chi connectivity index (χ1v) is 9.58. The number of hydrogen-bond acceptors (Lipinski definition) is 5. The molecule has 0 spiro atoms. The number of methoxy groups -OCH3 is 1. The molecule has 1 aliphatic heterocycles. The number of ether oxygens (including phenoxy) is 1. The Kier molecular flexibility index (Phi) is 3.75. The van der Waals surface area contributed by atoms with Gasteiger partial charge in [0.05, 0.1) is 18.4 Å². The molecule has 0 aliphatic carbocycles. The molecular weight excluding hydrogens is 358 g/mol. The zero-order chi connectivity index (χ0) is 18.4. The van der Waals surface area contributed by atoms with Crippen LogP contribution in [-0.4, -0.2) is 38.0 Å². The SMILES string of the molecule is COc1ccccc1-c1nnc2n1N=C(c1ccc3c(ccn3C)c1)CS2. The van der Waals surface area contributed by atoms with Gasteiger partial charge in [-0.1, -0.05) is 30.0 Å². The van der Waals surface area contributed by atoms with E-state index in [0.29, 0.717) is 5.82 Å². The molecule has 0 N–H and O–H groups in total. The minimum atomic E-state index is 0.688. The van der Waals surface area contributed by atoms with Crippen molar-refractivity contribution >= 4 is 28.4 Å². The highest BCUT2D eigenvalue weighted by Crippen LogP contribution is 2.33. The van der Waals surface area contributed by atoms with Crippen molar-refractivity contribution in [3.8, 4) is 17.1 Å². The Labute approximate surface area is 160 Å². The highest BCUT2D eigenvalue weighted by atomic mass is 32.2. The lowest BCUT2D eigenvalue weighted by atomic mass is 10.1. The van der Waals surface area contributed by atoms with Gasteiger partial charge in [0.25, 0.3) is 0 Å². The Bertz CT molecular complexity index is 1190. The van der Waals surface area contributed by atoms with E-state index in [-0.39, 0.29) is 0 Å². The van der Waals surface area contributed by atoms with Gasteiger partial charge in [0.2, 0.25) is 5.16 Å². The van der Waals surface area contributed by atoms with Crippen molar-refractivity contribution in [3.05, 3.63) is 60.3 Å². The van der Waals surface area contributed by atoms with Crippen LogP contribution in [0.25, 0.3) is 22.3 Å². The number of para-hydroxylation sites is 1. The van der Waals surface area contributed by atoms with Crippen molar-refractivity contribution in [1.82, 2.24) is 19.4 Å². The van der Waals surface area contributed by atoms with Crippen LogP contribution < -0.4 is 4.74 Å². The summed E-state index contributed by atoms with van der Waals surface area (Å²) < 4.78 is 9.42. The molecule has 2 aromatic heterocycles. The first-order chi connectivity index (χ1) is 13.2. The van der Waals surface area contributed by atoms with Crippen LogP contribution in [0.4, 0.5) is 0 Å². The van der Waals surface area contributed by atoms with Crippen molar-refractivity contribution in [1.29, 1.82) is 0 Å². The summed E-state index contributed by atoms with van der Waals surface area (Å²) in [5.41, 5.74) is 4.21. The Hall–Kier alpha value is -3.06. The molecule has 0 saturated heterocycles. The fourth-order valence-electron chi connectivity index (χ4n) is 3.33. The van der Waals surface area contributed by atoms with Crippen molar-refractivity contribution in [2.24, 2.45) is 12.1 Å². The monoisotopic (exact) mass is 375 g/mol. The van der Waals surface area contributed by atoms with Crippen LogP contribution in [0.15, 0.2) is 65.0 Å². The van der Waals surface area contributed by atoms with Crippen molar-refractivity contribution in [2.75, 3.05) is 12.9 Å². The molecule has 7 heteroatoms. The topological polar surface area (TPSA) is 57.2 Å². The van der Waals surface area contributed by atoms with Crippen molar-refractivity contribution in [3.63, 3.8) is 0 Å². The van der Waals surface area contributed by atoms with Crippen molar-refractivity contribution in [2.45, 2.75) is 5.16 Å². The summed E-state index contributed by atoms with van der Waals surface area (Å²) in [6.07, 6.45) is 2.07. The number of aromatic nitrogens is 4. The average Bonchev–Trinajstić information content (AvgIpc) is 3.30. The summed E-state index contributed by atoms with van der Waals surface area (Å²) in [6, 6.07) is 16.4. The fourth-order valence-corrected chi connectivity index (χ4v) is 4.17. The Morgan fingerprint density at radius 1 is 1.07 bits per heavy atom. The molecule has 0 unspecified atom stereocenters. The van der Waals surface area contributed by atoms with Gasteiger partial charge in [-0.05, 0) is 35.9 Å². The average molecular weight is 375 g/mol. The molecule has 1 aliphatic rings. The quantitative estimate of drug-likeness (QED) is 0.546. The number of hydrogen-bond donors (Lipinski definition) is 0. The van der Waals surface area contributed by atoms with Crippen LogP contribution in [0.2, 0.25) is 0 Å². The van der Waals surface area contributed by atoms with Crippen LogP contribution in [0.5, 0.6) is 5.75 Å². The molecule has 27 heavy (non-hydrogen) atoms. The van der Waals surface area contributed by atoms with E-state index >= 15 is 0 Å². The zero-order valence-electron chi connectivity index (χ0n) is 15.0. The highest BCUT2D eigenvalue weighted by molar-refractivity contribution is 7.99. The number of rotatable bonds is 3. The largest absolute Gasteiger partial charge is 0.496 e. The Morgan fingerprint density at radius 3 is 2.85 bits per heavy atom. The van der Waals surface area contributed by atoms with Gasteiger partial charge in [-0.2, -0.15) is 9.78 Å². The molecule has 0 atom stereocenters. The lowest BCUT2D eigenvalue weighted by Gasteiger charge is -2.15. The number of nitrogens with zero attached hydrogens (tertiary/aromatic N) is 5. The number of aryl methyl sites for hydroxylation is 1. The first-order valence-electron chi connectivity index (χ1n) is 8.59. The molecular formula is C20H17N5OS. The predicted molar refractivity (Wildman–Crippen MR) is 108 cm³/mol. The minimum Gasteiger partial charge on any atom is -0.496 e. The van der Waals surface area contributed by atoms with E-state index in [1.807, 2.05) is 28.9 Å². The molecule has 0 saturated carbocycles. The standard InChI is InChI=1S/C20H17N5OS/c1-24-10-9-14-11-13(7-8-17(14)24)16-12-27-20-22-21-19(25(20)23-16)15-5-3-4-6-18(15)26-2/h3-11H,12H2,1-2H3. The molecule has 2 aromatic carbocycles. The smallest absolute Gasteiger partial charge is 0.212 e. The van der Waals surface area contributed by atoms with Crippen LogP contribution in [0.1, 0.15) is 5.56 Å².